The molecule has 3 atom stereocenters. The molecule has 2 aromatic rings. The third kappa shape index (κ3) is 2.52. The van der Waals surface area contributed by atoms with Crippen LogP contribution in [0.15, 0.2) is 18.2 Å². The first kappa shape index (κ1) is 14.7. The largest absolute Gasteiger partial charge is 0.305 e. The van der Waals surface area contributed by atoms with Crippen molar-refractivity contribution in [3.63, 3.8) is 0 Å². The Morgan fingerprint density at radius 2 is 1.90 bits per heavy atom. The molecule has 1 aromatic carbocycles. The van der Waals surface area contributed by atoms with Crippen molar-refractivity contribution in [2.75, 3.05) is 5.01 Å². The lowest BCUT2D eigenvalue weighted by Crippen LogP contribution is -2.51. The van der Waals surface area contributed by atoms with Gasteiger partial charge in [-0.1, -0.05) is 6.07 Å². The summed E-state index contributed by atoms with van der Waals surface area (Å²) in [5, 5.41) is 2.38. The zero-order valence-corrected chi connectivity index (χ0v) is 14.1. The van der Waals surface area contributed by atoms with Crippen LogP contribution in [0, 0.1) is 6.92 Å². The molecule has 1 aliphatic heterocycles. The van der Waals surface area contributed by atoms with E-state index >= 15 is 0 Å². The molecule has 114 valence electrons. The number of nitrogens with zero attached hydrogens (tertiary/aromatic N) is 3. The van der Waals surface area contributed by atoms with E-state index in [1.54, 1.807) is 0 Å². The van der Waals surface area contributed by atoms with E-state index in [4.69, 9.17) is 16.6 Å². The molecule has 3 rings (SSSR count). The lowest BCUT2D eigenvalue weighted by Gasteiger charge is -2.42. The Morgan fingerprint density at radius 3 is 2.52 bits per heavy atom. The number of aryl methyl sites for hydroxylation is 1. The number of alkyl halides is 1. The summed E-state index contributed by atoms with van der Waals surface area (Å²) in [6.45, 7) is 8.75. The molecule has 1 fully saturated rings. The van der Waals surface area contributed by atoms with Gasteiger partial charge in [-0.15, -0.1) is 11.6 Å². The molecule has 0 aliphatic carbocycles. The minimum absolute atomic E-state index is 0.0981. The summed E-state index contributed by atoms with van der Waals surface area (Å²) >= 11 is 6.42. The molecule has 0 bridgehead atoms. The number of imidazole rings is 1. The summed E-state index contributed by atoms with van der Waals surface area (Å²) in [6, 6.07) is 7.47. The topological polar surface area (TPSA) is 21.1 Å². The highest BCUT2D eigenvalue weighted by molar-refractivity contribution is 6.20. The van der Waals surface area contributed by atoms with Gasteiger partial charge >= 0.3 is 0 Å². The lowest BCUT2D eigenvalue weighted by atomic mass is 10.00. The molecule has 4 heteroatoms. The van der Waals surface area contributed by atoms with Crippen LogP contribution in [0.25, 0.3) is 11.0 Å². The van der Waals surface area contributed by atoms with Gasteiger partial charge in [-0.25, -0.2) is 9.66 Å². The van der Waals surface area contributed by atoms with Gasteiger partial charge in [0.2, 0.25) is 0 Å². The Labute approximate surface area is 131 Å². The summed E-state index contributed by atoms with van der Waals surface area (Å²) in [6.07, 6.45) is 3.76. The maximum absolute atomic E-state index is 6.42. The standard InChI is InChI=1S/C17H24ClN3/c1-11-8-9-15-16(10-11)21(17(19-15)14(4)18)20-12(2)6-5-7-13(20)3/h8-10,12-14H,5-7H2,1-4H3. The van der Waals surface area contributed by atoms with Gasteiger partial charge in [0.1, 0.15) is 5.82 Å². The van der Waals surface area contributed by atoms with Crippen molar-refractivity contribution in [3.8, 4) is 0 Å². The van der Waals surface area contributed by atoms with Crippen molar-refractivity contribution >= 4 is 22.6 Å². The number of benzene rings is 1. The fraction of sp³-hybridized carbons (Fsp3) is 0.588. The van der Waals surface area contributed by atoms with Crippen molar-refractivity contribution in [1.82, 2.24) is 9.66 Å². The number of hydrogen-bond donors (Lipinski definition) is 0. The van der Waals surface area contributed by atoms with Gasteiger partial charge in [-0.3, -0.25) is 0 Å². The second-order valence-corrected chi connectivity index (χ2v) is 7.05. The molecule has 21 heavy (non-hydrogen) atoms. The van der Waals surface area contributed by atoms with E-state index in [1.165, 1.54) is 30.3 Å². The lowest BCUT2D eigenvalue weighted by molar-refractivity contribution is 0.335. The van der Waals surface area contributed by atoms with E-state index in [-0.39, 0.29) is 5.38 Å². The zero-order chi connectivity index (χ0) is 15.1. The Hall–Kier alpha value is -1.22. The van der Waals surface area contributed by atoms with Crippen LogP contribution < -0.4 is 5.01 Å². The number of aromatic nitrogens is 2. The highest BCUT2D eigenvalue weighted by atomic mass is 35.5. The molecule has 0 radical (unpaired) electrons. The average molecular weight is 306 g/mol. The third-order valence-electron chi connectivity index (χ3n) is 4.54. The van der Waals surface area contributed by atoms with Crippen LogP contribution in [0.5, 0.6) is 0 Å². The average Bonchev–Trinajstić information content (AvgIpc) is 2.78. The molecule has 0 amide bonds. The van der Waals surface area contributed by atoms with Crippen molar-refractivity contribution < 1.29 is 0 Å². The first-order chi connectivity index (χ1) is 9.99. The Balaban J connectivity index is 2.22. The predicted octanol–water partition coefficient (Wildman–Crippen LogP) is 4.54. The molecule has 1 saturated heterocycles. The second-order valence-electron chi connectivity index (χ2n) is 6.40. The molecule has 3 nitrogen and oxygen atoms in total. The second kappa shape index (κ2) is 5.53. The third-order valence-corrected chi connectivity index (χ3v) is 4.74. The fourth-order valence-electron chi connectivity index (χ4n) is 3.49. The summed E-state index contributed by atoms with van der Waals surface area (Å²) < 4.78 is 2.29. The summed E-state index contributed by atoms with van der Waals surface area (Å²) in [7, 11) is 0. The summed E-state index contributed by atoms with van der Waals surface area (Å²) in [4.78, 5) is 4.79. The minimum Gasteiger partial charge on any atom is -0.305 e. The Bertz CT molecular complexity index is 637. The van der Waals surface area contributed by atoms with Gasteiger partial charge in [-0.2, -0.15) is 0 Å². The number of halogens is 1. The van der Waals surface area contributed by atoms with Crippen LogP contribution in [0.4, 0.5) is 0 Å². The van der Waals surface area contributed by atoms with E-state index in [0.717, 1.165) is 11.3 Å². The maximum Gasteiger partial charge on any atom is 0.146 e. The SMILES string of the molecule is Cc1ccc2nc(C(C)Cl)n(N3C(C)CCCC3C)c2c1. The molecule has 1 aliphatic rings. The van der Waals surface area contributed by atoms with Crippen LogP contribution >= 0.6 is 11.6 Å². The van der Waals surface area contributed by atoms with Crippen molar-refractivity contribution in [2.24, 2.45) is 0 Å². The Kier molecular flexibility index (Phi) is 3.87. The highest BCUT2D eigenvalue weighted by Gasteiger charge is 2.29. The van der Waals surface area contributed by atoms with E-state index < -0.39 is 0 Å². The number of rotatable bonds is 2. The van der Waals surface area contributed by atoms with Crippen LogP contribution in [0.1, 0.15) is 56.8 Å². The summed E-state index contributed by atoms with van der Waals surface area (Å²) in [5.41, 5.74) is 3.47. The van der Waals surface area contributed by atoms with E-state index in [2.05, 4.69) is 48.7 Å². The highest BCUT2D eigenvalue weighted by Crippen LogP contribution is 2.30. The first-order valence-corrected chi connectivity index (χ1v) is 8.34. The molecule has 2 heterocycles. The van der Waals surface area contributed by atoms with Crippen LogP contribution in [0.2, 0.25) is 0 Å². The monoisotopic (exact) mass is 305 g/mol. The minimum atomic E-state index is -0.0981. The van der Waals surface area contributed by atoms with Gasteiger partial charge in [0.05, 0.1) is 16.4 Å². The van der Waals surface area contributed by atoms with Crippen molar-refractivity contribution in [2.45, 2.75) is 64.4 Å². The number of piperidine rings is 1. The molecule has 3 unspecified atom stereocenters. The fourth-order valence-corrected chi connectivity index (χ4v) is 3.64. The predicted molar refractivity (Wildman–Crippen MR) is 89.7 cm³/mol. The van der Waals surface area contributed by atoms with Gasteiger partial charge in [0, 0.05) is 12.1 Å². The van der Waals surface area contributed by atoms with Gasteiger partial charge in [0.25, 0.3) is 0 Å². The Morgan fingerprint density at radius 1 is 1.24 bits per heavy atom. The van der Waals surface area contributed by atoms with Crippen molar-refractivity contribution in [1.29, 1.82) is 0 Å². The zero-order valence-electron chi connectivity index (χ0n) is 13.3. The smallest absolute Gasteiger partial charge is 0.146 e. The molecule has 1 aromatic heterocycles. The number of fused-ring (bicyclic) bond motifs is 1. The summed E-state index contributed by atoms with van der Waals surface area (Å²) in [5.74, 6) is 0.956. The maximum atomic E-state index is 6.42. The molecular weight excluding hydrogens is 282 g/mol. The van der Waals surface area contributed by atoms with Crippen LogP contribution in [-0.4, -0.2) is 21.7 Å². The molecular formula is C17H24ClN3. The van der Waals surface area contributed by atoms with Crippen molar-refractivity contribution in [3.05, 3.63) is 29.6 Å². The van der Waals surface area contributed by atoms with Gasteiger partial charge in [-0.05, 0) is 64.7 Å². The first-order valence-electron chi connectivity index (χ1n) is 7.90. The van der Waals surface area contributed by atoms with Gasteiger partial charge in [0.15, 0.2) is 0 Å². The van der Waals surface area contributed by atoms with Crippen LogP contribution in [0.3, 0.4) is 0 Å². The number of hydrogen-bond acceptors (Lipinski definition) is 2. The normalized spacial score (nSPS) is 24.5. The van der Waals surface area contributed by atoms with Gasteiger partial charge < -0.3 is 5.01 Å². The van der Waals surface area contributed by atoms with E-state index in [0.29, 0.717) is 12.1 Å². The quantitative estimate of drug-likeness (QED) is 0.759. The van der Waals surface area contributed by atoms with E-state index in [9.17, 15) is 0 Å². The van der Waals surface area contributed by atoms with E-state index in [1.807, 2.05) is 6.92 Å². The van der Waals surface area contributed by atoms with Crippen LogP contribution in [-0.2, 0) is 0 Å². The molecule has 0 saturated carbocycles. The molecule has 0 N–H and O–H groups in total. The molecule has 0 spiro atoms.